The van der Waals surface area contributed by atoms with Crippen LogP contribution in [-0.2, 0) is 4.79 Å². The lowest BCUT2D eigenvalue weighted by Crippen LogP contribution is -2.05. The molecule has 0 amide bonds. The molecule has 0 N–H and O–H groups in total. The minimum atomic E-state index is 0.196. The van der Waals surface area contributed by atoms with Gasteiger partial charge in [0.05, 0.1) is 0 Å². The maximum absolute atomic E-state index is 10.9. The summed E-state index contributed by atoms with van der Waals surface area (Å²) >= 11 is 0. The molecule has 0 aliphatic heterocycles. The Bertz CT molecular complexity index is 114. The number of carbonyl (C=O) groups excluding carboxylic acids is 1. The largest absolute Gasteiger partial charge is 0.295 e. The Balaban J connectivity index is 3.73. The minimum Gasteiger partial charge on any atom is -0.295 e. The van der Waals surface area contributed by atoms with Gasteiger partial charge in [-0.25, -0.2) is 0 Å². The van der Waals surface area contributed by atoms with E-state index in [1.54, 1.807) is 12.2 Å². The molecule has 0 bridgehead atoms. The van der Waals surface area contributed by atoms with Crippen LogP contribution in [0.15, 0.2) is 12.2 Å². The molecule has 9 heavy (non-hydrogen) atoms. The zero-order valence-electron chi connectivity index (χ0n) is 6.35. The summed E-state index contributed by atoms with van der Waals surface area (Å²) in [5.41, 5.74) is 0. The Morgan fingerprint density at radius 2 is 2.22 bits per heavy atom. The van der Waals surface area contributed by atoms with Crippen LogP contribution in [0.1, 0.15) is 27.2 Å². The van der Waals surface area contributed by atoms with Crippen LogP contribution < -0.4 is 0 Å². The molecule has 0 aliphatic carbocycles. The first kappa shape index (κ1) is 8.41. The summed E-state index contributed by atoms with van der Waals surface area (Å²) in [6.45, 7) is 5.83. The normalized spacial score (nSPS) is 14.1. The van der Waals surface area contributed by atoms with Gasteiger partial charge in [-0.1, -0.05) is 19.9 Å². The fourth-order valence-corrected chi connectivity index (χ4v) is 0.530. The Morgan fingerprint density at radius 1 is 1.67 bits per heavy atom. The van der Waals surface area contributed by atoms with Gasteiger partial charge in [-0.2, -0.15) is 0 Å². The number of carbonyl (C=O) groups is 1. The molecule has 1 heteroatoms. The molecule has 0 heterocycles. The van der Waals surface area contributed by atoms with Crippen LogP contribution in [0.5, 0.6) is 0 Å². The van der Waals surface area contributed by atoms with Crippen LogP contribution in [0.4, 0.5) is 0 Å². The Kier molecular flexibility index (Phi) is 4.02. The van der Waals surface area contributed by atoms with E-state index in [-0.39, 0.29) is 11.7 Å². The predicted molar refractivity (Wildman–Crippen MR) is 39.3 cm³/mol. The molecule has 52 valence electrons. The van der Waals surface area contributed by atoms with Crippen molar-refractivity contribution in [1.82, 2.24) is 0 Å². The van der Waals surface area contributed by atoms with Gasteiger partial charge in [0.15, 0.2) is 5.78 Å². The molecule has 0 saturated heterocycles. The van der Waals surface area contributed by atoms with Gasteiger partial charge in [0, 0.05) is 5.92 Å². The maximum Gasteiger partial charge on any atom is 0.158 e. The number of rotatable bonds is 3. The highest BCUT2D eigenvalue weighted by Gasteiger charge is 2.04. The van der Waals surface area contributed by atoms with Gasteiger partial charge in [0.2, 0.25) is 0 Å². The summed E-state index contributed by atoms with van der Waals surface area (Å²) in [5.74, 6) is 0.432. The molecule has 0 rings (SSSR count). The monoisotopic (exact) mass is 126 g/mol. The zero-order valence-corrected chi connectivity index (χ0v) is 6.35. The Hall–Kier alpha value is -0.590. The van der Waals surface area contributed by atoms with Crippen molar-refractivity contribution in [3.63, 3.8) is 0 Å². The van der Waals surface area contributed by atoms with Gasteiger partial charge in [-0.3, -0.25) is 4.79 Å². The van der Waals surface area contributed by atoms with E-state index in [4.69, 9.17) is 0 Å². The van der Waals surface area contributed by atoms with Crippen LogP contribution in [0.2, 0.25) is 0 Å². The van der Waals surface area contributed by atoms with Crippen molar-refractivity contribution in [1.29, 1.82) is 0 Å². The van der Waals surface area contributed by atoms with Gasteiger partial charge >= 0.3 is 0 Å². The summed E-state index contributed by atoms with van der Waals surface area (Å²) in [4.78, 5) is 10.9. The Morgan fingerprint density at radius 3 is 2.56 bits per heavy atom. The summed E-state index contributed by atoms with van der Waals surface area (Å²) in [6, 6.07) is 0. The second-order valence-corrected chi connectivity index (χ2v) is 2.21. The fourth-order valence-electron chi connectivity index (χ4n) is 0.530. The topological polar surface area (TPSA) is 17.1 Å². The number of ketones is 1. The van der Waals surface area contributed by atoms with Gasteiger partial charge < -0.3 is 0 Å². The second-order valence-electron chi connectivity index (χ2n) is 2.21. The molecule has 0 aromatic heterocycles. The lowest BCUT2D eigenvalue weighted by Gasteiger charge is -2.00. The molecule has 1 atom stereocenters. The highest BCUT2D eigenvalue weighted by molar-refractivity contribution is 5.91. The molecule has 1 nitrogen and oxygen atoms in total. The summed E-state index contributed by atoms with van der Waals surface area (Å²) < 4.78 is 0. The molecular weight excluding hydrogens is 112 g/mol. The van der Waals surface area contributed by atoms with Crippen LogP contribution in [0.3, 0.4) is 0 Å². The molecule has 0 radical (unpaired) electrons. The third-order valence-corrected chi connectivity index (χ3v) is 1.43. The van der Waals surface area contributed by atoms with Crippen molar-refractivity contribution in [2.45, 2.75) is 27.2 Å². The standard InChI is InChI=1S/C8H14O/c1-4-6-8(9)7(3)5-2/h4,6-7H,5H2,1-3H3/b6-4-/t7-/m1/s1. The van der Waals surface area contributed by atoms with Crippen molar-refractivity contribution >= 4 is 5.78 Å². The van der Waals surface area contributed by atoms with E-state index in [0.29, 0.717) is 0 Å². The molecule has 0 aromatic rings. The predicted octanol–water partition coefficient (Wildman–Crippen LogP) is 2.18. The van der Waals surface area contributed by atoms with Crippen molar-refractivity contribution in [3.05, 3.63) is 12.2 Å². The van der Waals surface area contributed by atoms with Gasteiger partial charge in [-0.15, -0.1) is 0 Å². The van der Waals surface area contributed by atoms with Crippen molar-refractivity contribution < 1.29 is 4.79 Å². The third-order valence-electron chi connectivity index (χ3n) is 1.43. The van der Waals surface area contributed by atoms with E-state index in [9.17, 15) is 4.79 Å². The quantitative estimate of drug-likeness (QED) is 0.530. The first-order valence-corrected chi connectivity index (χ1v) is 3.38. The highest BCUT2D eigenvalue weighted by Crippen LogP contribution is 2.01. The number of hydrogen-bond donors (Lipinski definition) is 0. The first-order valence-electron chi connectivity index (χ1n) is 3.38. The fraction of sp³-hybridized carbons (Fsp3) is 0.625. The molecule has 0 spiro atoms. The average Bonchev–Trinajstić information content (AvgIpc) is 1.87. The molecule has 0 fully saturated rings. The molecule has 0 saturated carbocycles. The lowest BCUT2D eigenvalue weighted by molar-refractivity contribution is -0.117. The lowest BCUT2D eigenvalue weighted by atomic mass is 10.0. The van der Waals surface area contributed by atoms with E-state index in [1.807, 2.05) is 20.8 Å². The maximum atomic E-state index is 10.9. The highest BCUT2D eigenvalue weighted by atomic mass is 16.1. The summed E-state index contributed by atoms with van der Waals surface area (Å²) in [6.07, 6.45) is 4.35. The van der Waals surface area contributed by atoms with Gasteiger partial charge in [-0.05, 0) is 19.4 Å². The molecule has 0 aliphatic rings. The van der Waals surface area contributed by atoms with Gasteiger partial charge in [0.1, 0.15) is 0 Å². The van der Waals surface area contributed by atoms with E-state index >= 15 is 0 Å². The summed E-state index contributed by atoms with van der Waals surface area (Å²) in [7, 11) is 0. The molecule has 0 aromatic carbocycles. The third kappa shape index (κ3) is 3.07. The van der Waals surface area contributed by atoms with E-state index in [1.165, 1.54) is 0 Å². The van der Waals surface area contributed by atoms with E-state index in [2.05, 4.69) is 0 Å². The smallest absolute Gasteiger partial charge is 0.158 e. The minimum absolute atomic E-state index is 0.196. The summed E-state index contributed by atoms with van der Waals surface area (Å²) in [5, 5.41) is 0. The van der Waals surface area contributed by atoms with E-state index < -0.39 is 0 Å². The number of allylic oxidation sites excluding steroid dienone is 2. The van der Waals surface area contributed by atoms with E-state index in [0.717, 1.165) is 6.42 Å². The van der Waals surface area contributed by atoms with Crippen LogP contribution >= 0.6 is 0 Å². The van der Waals surface area contributed by atoms with Crippen molar-refractivity contribution in [2.75, 3.05) is 0 Å². The first-order chi connectivity index (χ1) is 4.22. The molecule has 0 unspecified atom stereocenters. The van der Waals surface area contributed by atoms with Crippen molar-refractivity contribution in [2.24, 2.45) is 5.92 Å². The van der Waals surface area contributed by atoms with Crippen LogP contribution in [-0.4, -0.2) is 5.78 Å². The van der Waals surface area contributed by atoms with Crippen LogP contribution in [0, 0.1) is 5.92 Å². The van der Waals surface area contributed by atoms with Crippen molar-refractivity contribution in [3.8, 4) is 0 Å². The van der Waals surface area contributed by atoms with Crippen LogP contribution in [0.25, 0.3) is 0 Å². The average molecular weight is 126 g/mol. The zero-order chi connectivity index (χ0) is 7.28. The second kappa shape index (κ2) is 4.30. The SMILES string of the molecule is C/C=C\C(=O)[C@H](C)CC. The number of hydrogen-bond acceptors (Lipinski definition) is 1. The van der Waals surface area contributed by atoms with Gasteiger partial charge in [0.25, 0.3) is 0 Å². The molecular formula is C8H14O. The Labute approximate surface area is 56.8 Å².